The number of ether oxygens (including phenoxy) is 2. The minimum Gasteiger partial charge on any atom is -0.490 e. The van der Waals surface area contributed by atoms with Crippen LogP contribution >= 0.6 is 0 Å². The molecule has 0 aliphatic rings. The highest BCUT2D eigenvalue weighted by molar-refractivity contribution is 5.96. The monoisotopic (exact) mass is 264 g/mol. The highest BCUT2D eigenvalue weighted by Crippen LogP contribution is 2.29. The van der Waals surface area contributed by atoms with Crippen molar-refractivity contribution in [2.45, 2.75) is 46.5 Å². The summed E-state index contributed by atoms with van der Waals surface area (Å²) in [6, 6.07) is 5.42. The zero-order valence-electron chi connectivity index (χ0n) is 12.2. The van der Waals surface area contributed by atoms with Crippen LogP contribution in [0, 0.1) is 0 Å². The zero-order valence-corrected chi connectivity index (χ0v) is 12.2. The Labute approximate surface area is 115 Å². The van der Waals surface area contributed by atoms with E-state index in [-0.39, 0.29) is 5.78 Å². The number of benzene rings is 1. The second-order valence-corrected chi connectivity index (χ2v) is 4.43. The van der Waals surface area contributed by atoms with Gasteiger partial charge in [-0.3, -0.25) is 4.79 Å². The number of Topliss-reactive ketones (excluding diaryl/α,β-unsaturated/α-hetero) is 1. The summed E-state index contributed by atoms with van der Waals surface area (Å²) in [5.41, 5.74) is 0.687. The highest BCUT2D eigenvalue weighted by atomic mass is 16.5. The molecule has 1 aromatic rings. The lowest BCUT2D eigenvalue weighted by Gasteiger charge is -2.13. The first kappa shape index (κ1) is 15.5. The van der Waals surface area contributed by atoms with Gasteiger partial charge < -0.3 is 9.47 Å². The van der Waals surface area contributed by atoms with Crippen molar-refractivity contribution < 1.29 is 14.3 Å². The third-order valence-corrected chi connectivity index (χ3v) is 2.89. The minimum atomic E-state index is 0.124. The van der Waals surface area contributed by atoms with Crippen molar-refractivity contribution in [3.63, 3.8) is 0 Å². The van der Waals surface area contributed by atoms with Gasteiger partial charge in [0.25, 0.3) is 0 Å². The van der Waals surface area contributed by atoms with Crippen LogP contribution in [0.5, 0.6) is 11.5 Å². The van der Waals surface area contributed by atoms with Gasteiger partial charge in [-0.1, -0.05) is 26.7 Å². The molecule has 0 fully saturated rings. The van der Waals surface area contributed by atoms with Crippen molar-refractivity contribution >= 4 is 5.78 Å². The molecular formula is C16H24O3. The zero-order chi connectivity index (χ0) is 14.1. The lowest BCUT2D eigenvalue weighted by Crippen LogP contribution is -2.03. The maximum atomic E-state index is 11.7. The molecule has 0 aromatic heterocycles. The molecule has 0 bridgehead atoms. The van der Waals surface area contributed by atoms with Crippen molar-refractivity contribution in [2.75, 3.05) is 13.2 Å². The van der Waals surface area contributed by atoms with Crippen LogP contribution in [0.25, 0.3) is 0 Å². The van der Waals surface area contributed by atoms with Gasteiger partial charge in [0.1, 0.15) is 0 Å². The molecule has 19 heavy (non-hydrogen) atoms. The molecule has 0 aliphatic heterocycles. The van der Waals surface area contributed by atoms with Gasteiger partial charge in [0.15, 0.2) is 17.3 Å². The first-order chi connectivity index (χ1) is 9.22. The first-order valence-electron chi connectivity index (χ1n) is 7.15. The number of carbonyl (C=O) groups excluding carboxylic acids is 1. The number of unbranched alkanes of at least 4 members (excludes halogenated alkanes) is 2. The van der Waals surface area contributed by atoms with Crippen LogP contribution in [0.4, 0.5) is 0 Å². The molecule has 1 aromatic carbocycles. The van der Waals surface area contributed by atoms with Crippen LogP contribution in [-0.2, 0) is 0 Å². The Hall–Kier alpha value is -1.51. The molecule has 3 heteroatoms. The van der Waals surface area contributed by atoms with Gasteiger partial charge in [0, 0.05) is 12.0 Å². The summed E-state index contributed by atoms with van der Waals surface area (Å²) < 4.78 is 11.3. The Bertz CT molecular complexity index is 399. The molecule has 0 amide bonds. The van der Waals surface area contributed by atoms with E-state index >= 15 is 0 Å². The lowest BCUT2D eigenvalue weighted by molar-refractivity contribution is 0.0987. The predicted octanol–water partition coefficient (Wildman–Crippen LogP) is 4.25. The van der Waals surface area contributed by atoms with Crippen LogP contribution in [0.2, 0.25) is 0 Å². The van der Waals surface area contributed by atoms with E-state index in [1.54, 1.807) is 6.07 Å². The summed E-state index contributed by atoms with van der Waals surface area (Å²) in [4.78, 5) is 11.7. The van der Waals surface area contributed by atoms with Crippen molar-refractivity contribution in [3.8, 4) is 11.5 Å². The lowest BCUT2D eigenvalue weighted by atomic mass is 10.1. The van der Waals surface area contributed by atoms with Crippen LogP contribution in [0.3, 0.4) is 0 Å². The SMILES string of the molecule is CCCCCOc1ccc(C(=O)CC)cc1OCC. The Morgan fingerprint density at radius 1 is 1.05 bits per heavy atom. The van der Waals surface area contributed by atoms with Crippen LogP contribution in [0.15, 0.2) is 18.2 Å². The fraction of sp³-hybridized carbons (Fsp3) is 0.562. The van der Waals surface area contributed by atoms with E-state index in [1.165, 1.54) is 6.42 Å². The number of hydrogen-bond acceptors (Lipinski definition) is 3. The van der Waals surface area contributed by atoms with Crippen molar-refractivity contribution in [1.29, 1.82) is 0 Å². The van der Waals surface area contributed by atoms with Crippen molar-refractivity contribution in [3.05, 3.63) is 23.8 Å². The Kier molecular flexibility index (Phi) is 7.01. The van der Waals surface area contributed by atoms with Gasteiger partial charge in [-0.05, 0) is 31.5 Å². The van der Waals surface area contributed by atoms with Gasteiger partial charge in [0.2, 0.25) is 0 Å². The van der Waals surface area contributed by atoms with E-state index in [0.717, 1.165) is 18.6 Å². The third-order valence-electron chi connectivity index (χ3n) is 2.89. The summed E-state index contributed by atoms with van der Waals surface area (Å²) in [7, 11) is 0. The van der Waals surface area contributed by atoms with Crippen molar-refractivity contribution in [1.82, 2.24) is 0 Å². The van der Waals surface area contributed by atoms with E-state index in [0.29, 0.717) is 30.9 Å². The molecule has 0 unspecified atom stereocenters. The van der Waals surface area contributed by atoms with Crippen LogP contribution < -0.4 is 9.47 Å². The predicted molar refractivity (Wildman–Crippen MR) is 77.3 cm³/mol. The van der Waals surface area contributed by atoms with E-state index in [2.05, 4.69) is 6.92 Å². The fourth-order valence-electron chi connectivity index (χ4n) is 1.81. The Morgan fingerprint density at radius 2 is 1.84 bits per heavy atom. The molecule has 0 N–H and O–H groups in total. The average molecular weight is 264 g/mol. The molecule has 0 saturated heterocycles. The summed E-state index contributed by atoms with van der Waals surface area (Å²) in [5.74, 6) is 1.52. The summed E-state index contributed by atoms with van der Waals surface area (Å²) in [5, 5.41) is 0. The maximum absolute atomic E-state index is 11.7. The summed E-state index contributed by atoms with van der Waals surface area (Å²) in [6.45, 7) is 7.20. The van der Waals surface area contributed by atoms with E-state index in [1.807, 2.05) is 26.0 Å². The van der Waals surface area contributed by atoms with Gasteiger partial charge >= 0.3 is 0 Å². The molecule has 1 rings (SSSR count). The molecule has 0 heterocycles. The Balaban J connectivity index is 2.76. The number of rotatable bonds is 9. The van der Waals surface area contributed by atoms with E-state index in [4.69, 9.17) is 9.47 Å². The molecular weight excluding hydrogens is 240 g/mol. The fourth-order valence-corrected chi connectivity index (χ4v) is 1.81. The number of hydrogen-bond donors (Lipinski definition) is 0. The van der Waals surface area contributed by atoms with Gasteiger partial charge in [0.05, 0.1) is 13.2 Å². The van der Waals surface area contributed by atoms with E-state index in [9.17, 15) is 4.79 Å². The smallest absolute Gasteiger partial charge is 0.162 e. The van der Waals surface area contributed by atoms with Crippen LogP contribution in [-0.4, -0.2) is 19.0 Å². The van der Waals surface area contributed by atoms with E-state index < -0.39 is 0 Å². The second kappa shape index (κ2) is 8.57. The third kappa shape index (κ3) is 4.93. The van der Waals surface area contributed by atoms with Crippen LogP contribution in [0.1, 0.15) is 56.8 Å². The standard InChI is InChI=1S/C16H24O3/c1-4-7-8-11-19-15-10-9-13(14(17)5-2)12-16(15)18-6-3/h9-10,12H,4-8,11H2,1-3H3. The highest BCUT2D eigenvalue weighted by Gasteiger charge is 2.10. The molecule has 106 valence electrons. The molecule has 0 atom stereocenters. The number of ketones is 1. The summed E-state index contributed by atoms with van der Waals surface area (Å²) >= 11 is 0. The second-order valence-electron chi connectivity index (χ2n) is 4.43. The average Bonchev–Trinajstić information content (AvgIpc) is 2.44. The number of carbonyl (C=O) groups is 1. The quantitative estimate of drug-likeness (QED) is 0.494. The molecule has 0 aliphatic carbocycles. The molecule has 0 saturated carbocycles. The largest absolute Gasteiger partial charge is 0.490 e. The van der Waals surface area contributed by atoms with Gasteiger partial charge in [-0.15, -0.1) is 0 Å². The summed E-state index contributed by atoms with van der Waals surface area (Å²) in [6.07, 6.45) is 3.88. The first-order valence-corrected chi connectivity index (χ1v) is 7.15. The normalized spacial score (nSPS) is 10.3. The van der Waals surface area contributed by atoms with Crippen molar-refractivity contribution in [2.24, 2.45) is 0 Å². The van der Waals surface area contributed by atoms with Gasteiger partial charge in [-0.25, -0.2) is 0 Å². The maximum Gasteiger partial charge on any atom is 0.162 e. The molecule has 0 spiro atoms. The molecule has 0 radical (unpaired) electrons. The van der Waals surface area contributed by atoms with Gasteiger partial charge in [-0.2, -0.15) is 0 Å². The Morgan fingerprint density at radius 3 is 2.47 bits per heavy atom. The topological polar surface area (TPSA) is 35.5 Å². The minimum absolute atomic E-state index is 0.124. The molecule has 3 nitrogen and oxygen atoms in total.